The highest BCUT2D eigenvalue weighted by Gasteiger charge is 2.20. The Labute approximate surface area is 129 Å². The number of hydrogen-bond acceptors (Lipinski definition) is 3. The number of nitrogens with one attached hydrogen (secondary N) is 1. The van der Waals surface area contributed by atoms with Gasteiger partial charge in [0, 0.05) is 17.3 Å². The zero-order valence-corrected chi connectivity index (χ0v) is 15.2. The van der Waals surface area contributed by atoms with Crippen LogP contribution in [0.5, 0.6) is 0 Å². The first-order valence-corrected chi connectivity index (χ1v) is 8.69. The van der Waals surface area contributed by atoms with Gasteiger partial charge in [-0.1, -0.05) is 34.6 Å². The van der Waals surface area contributed by atoms with Crippen molar-refractivity contribution < 1.29 is 0 Å². The molecule has 20 heavy (non-hydrogen) atoms. The van der Waals surface area contributed by atoms with Crippen molar-refractivity contribution in [3.8, 4) is 0 Å². The smallest absolute Gasteiger partial charge is 0.0946 e. The van der Waals surface area contributed by atoms with Crippen molar-refractivity contribution in [1.29, 1.82) is 0 Å². The molecular formula is C17H32N2S. The van der Waals surface area contributed by atoms with Crippen LogP contribution in [0.3, 0.4) is 0 Å². The fourth-order valence-electron chi connectivity index (χ4n) is 2.98. The molecule has 1 aromatic heterocycles. The molecule has 116 valence electrons. The van der Waals surface area contributed by atoms with Gasteiger partial charge in [0.2, 0.25) is 0 Å². The van der Waals surface area contributed by atoms with E-state index in [4.69, 9.17) is 4.98 Å². The Morgan fingerprint density at radius 2 is 1.90 bits per heavy atom. The van der Waals surface area contributed by atoms with E-state index < -0.39 is 0 Å². The van der Waals surface area contributed by atoms with Gasteiger partial charge in [-0.15, -0.1) is 11.3 Å². The molecule has 2 unspecified atom stereocenters. The maximum atomic E-state index is 4.69. The van der Waals surface area contributed by atoms with Crippen LogP contribution in [0.25, 0.3) is 0 Å². The number of aryl methyl sites for hydroxylation is 2. The Bertz CT molecular complexity index is 384. The fourth-order valence-corrected chi connectivity index (χ4v) is 3.99. The summed E-state index contributed by atoms with van der Waals surface area (Å²) in [5, 5.41) is 4.93. The van der Waals surface area contributed by atoms with Crippen LogP contribution in [0.4, 0.5) is 0 Å². The molecule has 0 saturated carbocycles. The van der Waals surface area contributed by atoms with Crippen LogP contribution in [0.1, 0.15) is 63.0 Å². The number of rotatable bonds is 7. The topological polar surface area (TPSA) is 24.9 Å². The molecule has 0 saturated heterocycles. The van der Waals surface area contributed by atoms with Crippen molar-refractivity contribution >= 4 is 11.3 Å². The Hall–Kier alpha value is -0.410. The molecule has 0 amide bonds. The fraction of sp³-hybridized carbons (Fsp3) is 0.824. The van der Waals surface area contributed by atoms with Gasteiger partial charge in [0.05, 0.1) is 10.7 Å². The van der Waals surface area contributed by atoms with Gasteiger partial charge in [0.1, 0.15) is 0 Å². The first-order valence-electron chi connectivity index (χ1n) is 7.87. The number of hydrogen-bond donors (Lipinski definition) is 1. The summed E-state index contributed by atoms with van der Waals surface area (Å²) in [5.74, 6) is 0.751. The summed E-state index contributed by atoms with van der Waals surface area (Å²) in [5.41, 5.74) is 1.62. The van der Waals surface area contributed by atoms with E-state index in [1.54, 1.807) is 0 Å². The molecule has 0 bridgehead atoms. The Morgan fingerprint density at radius 1 is 1.25 bits per heavy atom. The molecule has 0 fully saturated rings. The second kappa shape index (κ2) is 7.56. The second-order valence-corrected chi connectivity index (χ2v) is 8.60. The number of likely N-dealkylation sites (N-methyl/N-ethyl adjacent to an activating group) is 1. The zero-order chi connectivity index (χ0) is 15.3. The lowest BCUT2D eigenvalue weighted by Crippen LogP contribution is -2.33. The van der Waals surface area contributed by atoms with E-state index in [1.165, 1.54) is 28.4 Å². The highest BCUT2D eigenvalue weighted by Crippen LogP contribution is 2.28. The molecule has 3 heteroatoms. The third-order valence-corrected chi connectivity index (χ3v) is 4.73. The van der Waals surface area contributed by atoms with Crippen molar-refractivity contribution in [3.05, 3.63) is 15.6 Å². The molecule has 1 N–H and O–H groups in total. The van der Waals surface area contributed by atoms with Gasteiger partial charge in [-0.2, -0.15) is 0 Å². The van der Waals surface area contributed by atoms with Gasteiger partial charge in [-0.05, 0) is 44.6 Å². The van der Waals surface area contributed by atoms with Crippen molar-refractivity contribution in [1.82, 2.24) is 10.3 Å². The SMILES string of the molecule is CCNC(Cc1nc(C)c(C)s1)CC(C)CC(C)(C)C. The number of aromatic nitrogens is 1. The molecule has 1 aromatic rings. The van der Waals surface area contributed by atoms with E-state index in [-0.39, 0.29) is 0 Å². The minimum Gasteiger partial charge on any atom is -0.314 e. The van der Waals surface area contributed by atoms with Crippen LogP contribution in [-0.4, -0.2) is 17.6 Å². The average molecular weight is 297 g/mol. The van der Waals surface area contributed by atoms with Gasteiger partial charge >= 0.3 is 0 Å². The van der Waals surface area contributed by atoms with E-state index in [1.807, 2.05) is 11.3 Å². The maximum absolute atomic E-state index is 4.69. The first kappa shape index (κ1) is 17.6. The summed E-state index contributed by atoms with van der Waals surface area (Å²) in [6.45, 7) is 16.9. The predicted octanol–water partition coefficient (Wildman–Crippen LogP) is 4.74. The van der Waals surface area contributed by atoms with Gasteiger partial charge in [-0.3, -0.25) is 0 Å². The number of nitrogens with zero attached hydrogens (tertiary/aromatic N) is 1. The van der Waals surface area contributed by atoms with Crippen molar-refractivity contribution in [2.45, 2.75) is 73.8 Å². The molecule has 2 nitrogen and oxygen atoms in total. The van der Waals surface area contributed by atoms with Crippen LogP contribution >= 0.6 is 11.3 Å². The monoisotopic (exact) mass is 296 g/mol. The standard InChI is InChI=1S/C17H32N2S/c1-8-18-15(9-12(2)11-17(5,6)7)10-16-19-13(3)14(4)20-16/h12,15,18H,8-11H2,1-7H3. The van der Waals surface area contributed by atoms with E-state index in [2.05, 4.69) is 53.8 Å². The minimum absolute atomic E-state index is 0.421. The normalized spacial score (nSPS) is 15.3. The molecular weight excluding hydrogens is 264 g/mol. The quantitative estimate of drug-likeness (QED) is 0.786. The molecule has 0 aliphatic rings. The Kier molecular flexibility index (Phi) is 6.67. The summed E-state index contributed by atoms with van der Waals surface area (Å²) in [6, 6.07) is 0.558. The third-order valence-electron chi connectivity index (χ3n) is 3.63. The molecule has 0 aromatic carbocycles. The largest absolute Gasteiger partial charge is 0.314 e. The summed E-state index contributed by atoms with van der Waals surface area (Å²) in [4.78, 5) is 6.05. The predicted molar refractivity (Wildman–Crippen MR) is 90.6 cm³/mol. The Balaban J connectivity index is 2.60. The first-order chi connectivity index (χ1) is 9.21. The van der Waals surface area contributed by atoms with Crippen LogP contribution < -0.4 is 5.32 Å². The summed E-state index contributed by atoms with van der Waals surface area (Å²) >= 11 is 1.86. The van der Waals surface area contributed by atoms with E-state index >= 15 is 0 Å². The molecule has 1 rings (SSSR count). The zero-order valence-electron chi connectivity index (χ0n) is 14.3. The molecule has 0 radical (unpaired) electrons. The van der Waals surface area contributed by atoms with Crippen LogP contribution in [-0.2, 0) is 6.42 Å². The van der Waals surface area contributed by atoms with Crippen molar-refractivity contribution in [2.75, 3.05) is 6.54 Å². The van der Waals surface area contributed by atoms with Crippen LogP contribution in [0.2, 0.25) is 0 Å². The van der Waals surface area contributed by atoms with Crippen LogP contribution in [0.15, 0.2) is 0 Å². The lowest BCUT2D eigenvalue weighted by Gasteiger charge is -2.26. The van der Waals surface area contributed by atoms with E-state index in [9.17, 15) is 0 Å². The summed E-state index contributed by atoms with van der Waals surface area (Å²) in [6.07, 6.45) is 3.59. The average Bonchev–Trinajstić information content (AvgIpc) is 2.55. The van der Waals surface area contributed by atoms with Gasteiger partial charge < -0.3 is 5.32 Å². The molecule has 0 spiro atoms. The molecule has 0 aliphatic carbocycles. The van der Waals surface area contributed by atoms with Gasteiger partial charge in [0.25, 0.3) is 0 Å². The Morgan fingerprint density at radius 3 is 2.35 bits per heavy atom. The van der Waals surface area contributed by atoms with E-state index in [0.717, 1.165) is 18.9 Å². The van der Waals surface area contributed by atoms with Gasteiger partial charge in [0.15, 0.2) is 0 Å². The third kappa shape index (κ3) is 6.36. The number of thiazole rings is 1. The molecule has 1 heterocycles. The minimum atomic E-state index is 0.421. The molecule has 0 aliphatic heterocycles. The highest BCUT2D eigenvalue weighted by molar-refractivity contribution is 7.11. The van der Waals surface area contributed by atoms with Crippen molar-refractivity contribution in [2.24, 2.45) is 11.3 Å². The maximum Gasteiger partial charge on any atom is 0.0946 e. The lowest BCUT2D eigenvalue weighted by molar-refractivity contribution is 0.275. The van der Waals surface area contributed by atoms with Crippen molar-refractivity contribution in [3.63, 3.8) is 0 Å². The summed E-state index contributed by atoms with van der Waals surface area (Å²) in [7, 11) is 0. The van der Waals surface area contributed by atoms with E-state index in [0.29, 0.717) is 11.5 Å². The second-order valence-electron chi connectivity index (χ2n) is 7.31. The summed E-state index contributed by atoms with van der Waals surface area (Å²) < 4.78 is 0. The molecule has 2 atom stereocenters. The lowest BCUT2D eigenvalue weighted by atomic mass is 9.82. The van der Waals surface area contributed by atoms with Gasteiger partial charge in [-0.25, -0.2) is 4.98 Å². The highest BCUT2D eigenvalue weighted by atomic mass is 32.1. The van der Waals surface area contributed by atoms with Crippen LogP contribution in [0, 0.1) is 25.2 Å².